The molecule has 0 bridgehead atoms. The highest BCUT2D eigenvalue weighted by Gasteiger charge is 2.91. The van der Waals surface area contributed by atoms with Crippen molar-refractivity contribution in [3.8, 4) is 0 Å². The van der Waals surface area contributed by atoms with Gasteiger partial charge in [0.25, 0.3) is 0 Å². The van der Waals surface area contributed by atoms with Crippen LogP contribution in [0.4, 0.5) is 26.3 Å². The monoisotopic (exact) mass is 250 g/mol. The first kappa shape index (κ1) is 11.4. The Labute approximate surface area is 86.4 Å². The van der Waals surface area contributed by atoms with E-state index in [1.165, 1.54) is 0 Å². The van der Waals surface area contributed by atoms with Gasteiger partial charge >= 0.3 is 11.8 Å². The van der Waals surface area contributed by atoms with Gasteiger partial charge in [0.15, 0.2) is 0 Å². The van der Waals surface area contributed by atoms with Crippen LogP contribution < -0.4 is 0 Å². The van der Waals surface area contributed by atoms with E-state index in [1.54, 1.807) is 0 Å². The number of alkyl halides is 6. The van der Waals surface area contributed by atoms with Crippen LogP contribution in [0.15, 0.2) is 0 Å². The summed E-state index contributed by atoms with van der Waals surface area (Å²) in [6.07, 6.45) is -2.92. The number of thioether (sulfide) groups is 1. The molecule has 0 N–H and O–H groups in total. The third-order valence-electron chi connectivity index (χ3n) is 2.99. The van der Waals surface area contributed by atoms with Crippen LogP contribution in [0.2, 0.25) is 0 Å². The van der Waals surface area contributed by atoms with Crippen LogP contribution in [-0.4, -0.2) is 34.7 Å². The minimum atomic E-state index is -4.89. The van der Waals surface area contributed by atoms with E-state index in [-0.39, 0.29) is 6.42 Å². The lowest BCUT2D eigenvalue weighted by Crippen LogP contribution is -2.81. The molecule has 1 heterocycles. The van der Waals surface area contributed by atoms with Crippen molar-refractivity contribution in [1.82, 2.24) is 0 Å². The van der Waals surface area contributed by atoms with Crippen molar-refractivity contribution in [2.75, 3.05) is 5.75 Å². The lowest BCUT2D eigenvalue weighted by Gasteiger charge is -2.53. The zero-order chi connectivity index (χ0) is 11.5. The highest BCUT2D eigenvalue weighted by molar-refractivity contribution is 8.00. The normalized spacial score (nSPS) is 47.6. The number of rotatable bonds is 1. The second-order valence-electron chi connectivity index (χ2n) is 3.83. The molecule has 7 heteroatoms. The van der Waals surface area contributed by atoms with Crippen molar-refractivity contribution in [1.29, 1.82) is 0 Å². The largest absolute Gasteiger partial charge is 0.350 e. The predicted molar refractivity (Wildman–Crippen MR) is 44.1 cm³/mol. The highest BCUT2D eigenvalue weighted by Crippen LogP contribution is 2.65. The summed E-state index contributed by atoms with van der Waals surface area (Å²) in [5.41, 5.74) is -3.70. The average molecular weight is 250 g/mol. The molecule has 0 amide bonds. The Hall–Kier alpha value is -0.0700. The molecular formula is C8H8F6S. The lowest BCUT2D eigenvalue weighted by atomic mass is 9.69. The van der Waals surface area contributed by atoms with E-state index in [0.29, 0.717) is 12.2 Å². The third-order valence-corrected chi connectivity index (χ3v) is 4.49. The quantitative estimate of drug-likeness (QED) is 0.644. The fourth-order valence-corrected chi connectivity index (χ4v) is 3.50. The zero-order valence-corrected chi connectivity index (χ0v) is 8.27. The van der Waals surface area contributed by atoms with Crippen LogP contribution in [0.3, 0.4) is 0 Å². The molecule has 0 aromatic carbocycles. The Morgan fingerprint density at radius 3 is 2.07 bits per heavy atom. The van der Waals surface area contributed by atoms with Crippen LogP contribution in [0.25, 0.3) is 0 Å². The zero-order valence-electron chi connectivity index (χ0n) is 7.45. The molecule has 1 saturated carbocycles. The third kappa shape index (κ3) is 1.08. The first-order valence-electron chi connectivity index (χ1n) is 4.46. The second kappa shape index (κ2) is 2.99. The molecule has 0 aromatic rings. The molecule has 2 rings (SSSR count). The van der Waals surface area contributed by atoms with Crippen LogP contribution in [0.1, 0.15) is 12.8 Å². The maximum Gasteiger partial charge on any atom is 0.350 e. The summed E-state index contributed by atoms with van der Waals surface area (Å²) < 4.78 is 77.3. The van der Waals surface area contributed by atoms with Crippen molar-refractivity contribution >= 4 is 11.8 Å². The molecule has 1 aliphatic heterocycles. The molecular weight excluding hydrogens is 242 g/mol. The van der Waals surface area contributed by atoms with Crippen molar-refractivity contribution < 1.29 is 26.3 Å². The Morgan fingerprint density at radius 2 is 1.67 bits per heavy atom. The molecule has 15 heavy (non-hydrogen) atoms. The molecule has 1 saturated heterocycles. The summed E-state index contributed by atoms with van der Waals surface area (Å²) in [6.45, 7) is 0. The molecule has 0 radical (unpaired) electrons. The first-order valence-corrected chi connectivity index (χ1v) is 5.51. The second-order valence-corrected chi connectivity index (χ2v) is 5.14. The summed E-state index contributed by atoms with van der Waals surface area (Å²) in [6, 6.07) is 0. The van der Waals surface area contributed by atoms with Gasteiger partial charge in [-0.2, -0.15) is 29.3 Å². The van der Waals surface area contributed by atoms with Gasteiger partial charge in [0.2, 0.25) is 11.8 Å². The van der Waals surface area contributed by atoms with E-state index in [0.717, 1.165) is 11.8 Å². The Bertz CT molecular complexity index is 270. The van der Waals surface area contributed by atoms with Crippen molar-refractivity contribution in [2.24, 2.45) is 0 Å². The summed E-state index contributed by atoms with van der Waals surface area (Å²) in [5, 5.41) is -1.36. The van der Waals surface area contributed by atoms with E-state index in [9.17, 15) is 26.3 Å². The smallest absolute Gasteiger partial charge is 0.237 e. The van der Waals surface area contributed by atoms with Gasteiger partial charge in [-0.15, -0.1) is 0 Å². The number of halogens is 6. The fraction of sp³-hybridized carbons (Fsp3) is 1.00. The number of hydrogen-bond acceptors (Lipinski definition) is 1. The summed E-state index contributed by atoms with van der Waals surface area (Å²) in [5.74, 6) is -9.35. The van der Waals surface area contributed by atoms with Gasteiger partial charge in [0.05, 0.1) is 0 Å². The van der Waals surface area contributed by atoms with Crippen molar-refractivity contribution in [3.05, 3.63) is 0 Å². The lowest BCUT2D eigenvalue weighted by molar-refractivity contribution is -0.394. The molecule has 88 valence electrons. The average Bonchev–Trinajstić information content (AvgIpc) is 2.67. The Balaban J connectivity index is 2.29. The predicted octanol–water partition coefficient (Wildman–Crippen LogP) is 3.21. The van der Waals surface area contributed by atoms with Gasteiger partial charge in [0, 0.05) is 5.25 Å². The van der Waals surface area contributed by atoms with Gasteiger partial charge in [-0.05, 0) is 18.6 Å². The number of hydrogen-bond donors (Lipinski definition) is 0. The topological polar surface area (TPSA) is 0 Å². The molecule has 3 atom stereocenters. The molecule has 1 aliphatic carbocycles. The van der Waals surface area contributed by atoms with Gasteiger partial charge < -0.3 is 0 Å². The highest BCUT2D eigenvalue weighted by atomic mass is 32.2. The van der Waals surface area contributed by atoms with E-state index < -0.39 is 28.9 Å². The van der Waals surface area contributed by atoms with Crippen LogP contribution in [-0.2, 0) is 0 Å². The van der Waals surface area contributed by atoms with Crippen LogP contribution in [0.5, 0.6) is 0 Å². The minimum Gasteiger partial charge on any atom is -0.237 e. The maximum atomic E-state index is 13.7. The van der Waals surface area contributed by atoms with Gasteiger partial charge in [-0.25, -0.2) is 8.78 Å². The van der Waals surface area contributed by atoms with Crippen LogP contribution >= 0.6 is 11.8 Å². The maximum absolute atomic E-state index is 13.7. The molecule has 3 unspecified atom stereocenters. The van der Waals surface area contributed by atoms with Crippen molar-refractivity contribution in [3.63, 3.8) is 0 Å². The van der Waals surface area contributed by atoms with E-state index in [1.807, 2.05) is 0 Å². The van der Waals surface area contributed by atoms with E-state index >= 15 is 0 Å². The van der Waals surface area contributed by atoms with E-state index in [4.69, 9.17) is 0 Å². The van der Waals surface area contributed by atoms with Crippen molar-refractivity contribution in [2.45, 2.75) is 41.8 Å². The van der Waals surface area contributed by atoms with Gasteiger partial charge in [-0.3, -0.25) is 0 Å². The summed E-state index contributed by atoms with van der Waals surface area (Å²) in [7, 11) is 0. The Kier molecular flexibility index (Phi) is 2.27. The molecule has 0 nitrogen and oxygen atoms in total. The van der Waals surface area contributed by atoms with Crippen LogP contribution in [0, 0.1) is 0 Å². The summed E-state index contributed by atoms with van der Waals surface area (Å²) in [4.78, 5) is 0. The standard InChI is InChI=1S/C8H8F6S/c9-5-6(10,4-2-1-3-15-4)8(13,14)7(5,11)12/h4-5H,1-3H2. The minimum absolute atomic E-state index is 0.0211. The summed E-state index contributed by atoms with van der Waals surface area (Å²) >= 11 is 0.804. The van der Waals surface area contributed by atoms with Gasteiger partial charge in [0.1, 0.15) is 0 Å². The fourth-order valence-electron chi connectivity index (χ4n) is 2.03. The SMILES string of the molecule is FC1C(F)(F)C(F)(F)C1(F)C1CCCS1. The Morgan fingerprint density at radius 1 is 1.07 bits per heavy atom. The molecule has 2 fully saturated rings. The molecule has 0 spiro atoms. The van der Waals surface area contributed by atoms with Gasteiger partial charge in [-0.1, -0.05) is 0 Å². The molecule has 2 aliphatic rings. The first-order chi connectivity index (χ1) is 6.76. The molecule has 0 aromatic heterocycles. The van der Waals surface area contributed by atoms with E-state index in [2.05, 4.69) is 0 Å².